The monoisotopic (exact) mass is 227 g/mol. The predicted molar refractivity (Wildman–Crippen MR) is 68.5 cm³/mol. The average Bonchev–Trinajstić information content (AvgIpc) is 2.34. The van der Waals surface area contributed by atoms with Gasteiger partial charge in [-0.3, -0.25) is 9.97 Å². The Morgan fingerprint density at radius 2 is 1.94 bits per heavy atom. The van der Waals surface area contributed by atoms with Crippen molar-refractivity contribution in [2.75, 3.05) is 0 Å². The van der Waals surface area contributed by atoms with E-state index in [1.807, 2.05) is 31.5 Å². The smallest absolute Gasteiger partial charge is 0.0570 e. The van der Waals surface area contributed by atoms with Crippen molar-refractivity contribution in [1.82, 2.24) is 15.3 Å². The molecule has 0 aliphatic carbocycles. The minimum Gasteiger partial charge on any atom is -0.305 e. The molecular weight excluding hydrogens is 210 g/mol. The zero-order chi connectivity index (χ0) is 12.1. The van der Waals surface area contributed by atoms with E-state index < -0.39 is 0 Å². The number of aromatic nitrogens is 2. The van der Waals surface area contributed by atoms with Crippen molar-refractivity contribution in [1.29, 1.82) is 0 Å². The highest BCUT2D eigenvalue weighted by atomic mass is 14.9. The van der Waals surface area contributed by atoms with Gasteiger partial charge in [0.15, 0.2) is 0 Å². The molecule has 0 unspecified atom stereocenters. The first kappa shape index (κ1) is 11.7. The number of nitrogens with zero attached hydrogens (tertiary/aromatic N) is 2. The Hall–Kier alpha value is -1.74. The van der Waals surface area contributed by atoms with Crippen molar-refractivity contribution in [2.45, 2.75) is 26.9 Å². The quantitative estimate of drug-likeness (QED) is 0.871. The van der Waals surface area contributed by atoms with Gasteiger partial charge in [-0.05, 0) is 37.1 Å². The van der Waals surface area contributed by atoms with Crippen molar-refractivity contribution in [2.24, 2.45) is 0 Å². The Morgan fingerprint density at radius 3 is 2.65 bits per heavy atom. The van der Waals surface area contributed by atoms with Crippen molar-refractivity contribution < 1.29 is 0 Å². The number of hydrogen-bond acceptors (Lipinski definition) is 3. The number of hydrogen-bond donors (Lipinski definition) is 1. The zero-order valence-corrected chi connectivity index (χ0v) is 10.3. The van der Waals surface area contributed by atoms with E-state index in [-0.39, 0.29) is 0 Å². The molecule has 1 N–H and O–H groups in total. The molecule has 2 aromatic rings. The second-order valence-corrected chi connectivity index (χ2v) is 4.20. The summed E-state index contributed by atoms with van der Waals surface area (Å²) in [5.74, 6) is 0. The van der Waals surface area contributed by atoms with Crippen molar-refractivity contribution in [3.8, 4) is 0 Å². The van der Waals surface area contributed by atoms with Crippen LogP contribution in [0.25, 0.3) is 0 Å². The van der Waals surface area contributed by atoms with Crippen molar-refractivity contribution >= 4 is 0 Å². The van der Waals surface area contributed by atoms with E-state index in [1.165, 1.54) is 11.1 Å². The minimum absolute atomic E-state index is 0.774. The fourth-order valence-electron chi connectivity index (χ4n) is 1.62. The summed E-state index contributed by atoms with van der Waals surface area (Å²) in [7, 11) is 0. The second kappa shape index (κ2) is 5.55. The maximum absolute atomic E-state index is 4.35. The van der Waals surface area contributed by atoms with Crippen LogP contribution in [-0.4, -0.2) is 9.97 Å². The average molecular weight is 227 g/mol. The van der Waals surface area contributed by atoms with Gasteiger partial charge in [-0.1, -0.05) is 12.1 Å². The summed E-state index contributed by atoms with van der Waals surface area (Å²) in [4.78, 5) is 8.69. The Kier molecular flexibility index (Phi) is 3.83. The van der Waals surface area contributed by atoms with E-state index in [4.69, 9.17) is 0 Å². The van der Waals surface area contributed by atoms with E-state index >= 15 is 0 Å². The largest absolute Gasteiger partial charge is 0.305 e. The molecule has 0 aromatic carbocycles. The summed E-state index contributed by atoms with van der Waals surface area (Å²) in [6.07, 6.45) is 3.72. The van der Waals surface area contributed by atoms with Crippen LogP contribution in [0.4, 0.5) is 0 Å². The highest BCUT2D eigenvalue weighted by Gasteiger charge is 1.98. The molecule has 2 rings (SSSR count). The van der Waals surface area contributed by atoms with Gasteiger partial charge in [-0.2, -0.15) is 0 Å². The van der Waals surface area contributed by atoms with E-state index in [9.17, 15) is 0 Å². The van der Waals surface area contributed by atoms with Gasteiger partial charge >= 0.3 is 0 Å². The van der Waals surface area contributed by atoms with Crippen LogP contribution in [0.2, 0.25) is 0 Å². The lowest BCUT2D eigenvalue weighted by molar-refractivity contribution is 0.664. The van der Waals surface area contributed by atoms with Crippen LogP contribution in [0.5, 0.6) is 0 Å². The molecule has 0 spiro atoms. The lowest BCUT2D eigenvalue weighted by Crippen LogP contribution is -2.15. The highest BCUT2D eigenvalue weighted by Crippen LogP contribution is 2.03. The number of pyridine rings is 2. The van der Waals surface area contributed by atoms with Crippen LogP contribution in [0, 0.1) is 13.8 Å². The summed E-state index contributed by atoms with van der Waals surface area (Å²) < 4.78 is 0. The lowest BCUT2D eigenvalue weighted by Gasteiger charge is -2.06. The van der Waals surface area contributed by atoms with E-state index in [0.717, 1.165) is 24.5 Å². The highest BCUT2D eigenvalue weighted by molar-refractivity contribution is 5.17. The molecule has 2 heterocycles. The first-order chi connectivity index (χ1) is 8.25. The van der Waals surface area contributed by atoms with Gasteiger partial charge < -0.3 is 5.32 Å². The number of aryl methyl sites for hydroxylation is 2. The molecule has 17 heavy (non-hydrogen) atoms. The molecule has 3 heteroatoms. The maximum atomic E-state index is 4.35. The zero-order valence-electron chi connectivity index (χ0n) is 10.3. The van der Waals surface area contributed by atoms with Gasteiger partial charge in [-0.25, -0.2) is 0 Å². The number of nitrogens with one attached hydrogen (secondary N) is 1. The van der Waals surface area contributed by atoms with Crippen LogP contribution in [0.1, 0.15) is 22.5 Å². The summed E-state index contributed by atoms with van der Waals surface area (Å²) in [6, 6.07) is 8.16. The van der Waals surface area contributed by atoms with Crippen LogP contribution in [-0.2, 0) is 13.1 Å². The van der Waals surface area contributed by atoms with Crippen molar-refractivity contribution in [3.05, 3.63) is 59.2 Å². The molecule has 3 nitrogen and oxygen atoms in total. The third-order valence-corrected chi connectivity index (χ3v) is 2.69. The topological polar surface area (TPSA) is 37.8 Å². The predicted octanol–water partition coefficient (Wildman–Crippen LogP) is 2.38. The van der Waals surface area contributed by atoms with Gasteiger partial charge in [0.2, 0.25) is 0 Å². The third-order valence-electron chi connectivity index (χ3n) is 2.69. The first-order valence-corrected chi connectivity index (χ1v) is 5.78. The Labute approximate surface area is 102 Å². The molecule has 0 fully saturated rings. The molecule has 0 saturated heterocycles. The van der Waals surface area contributed by atoms with Crippen LogP contribution < -0.4 is 5.32 Å². The Bertz CT molecular complexity index is 477. The summed E-state index contributed by atoms with van der Waals surface area (Å²) in [6.45, 7) is 5.67. The molecule has 0 aliphatic heterocycles. The molecule has 0 radical (unpaired) electrons. The van der Waals surface area contributed by atoms with Gasteiger partial charge in [-0.15, -0.1) is 0 Å². The Morgan fingerprint density at radius 1 is 1.06 bits per heavy atom. The molecule has 0 aliphatic rings. The SMILES string of the molecule is Cc1ccc(CNCc2ncccc2C)nc1. The van der Waals surface area contributed by atoms with E-state index in [1.54, 1.807) is 0 Å². The molecule has 0 atom stereocenters. The molecule has 0 bridgehead atoms. The maximum Gasteiger partial charge on any atom is 0.0570 e. The van der Waals surface area contributed by atoms with Gasteiger partial charge in [0.25, 0.3) is 0 Å². The van der Waals surface area contributed by atoms with Gasteiger partial charge in [0, 0.05) is 25.5 Å². The van der Waals surface area contributed by atoms with E-state index in [2.05, 4.69) is 34.3 Å². The van der Waals surface area contributed by atoms with Crippen molar-refractivity contribution in [3.63, 3.8) is 0 Å². The third kappa shape index (κ3) is 3.36. The fourth-order valence-corrected chi connectivity index (χ4v) is 1.62. The van der Waals surface area contributed by atoms with Gasteiger partial charge in [0.05, 0.1) is 11.4 Å². The minimum atomic E-state index is 0.774. The van der Waals surface area contributed by atoms with Crippen LogP contribution in [0.3, 0.4) is 0 Å². The molecular formula is C14H17N3. The van der Waals surface area contributed by atoms with Gasteiger partial charge in [0.1, 0.15) is 0 Å². The summed E-state index contributed by atoms with van der Waals surface area (Å²) in [5.41, 5.74) is 4.56. The molecule has 2 aromatic heterocycles. The number of rotatable bonds is 4. The van der Waals surface area contributed by atoms with Crippen LogP contribution in [0.15, 0.2) is 36.7 Å². The fraction of sp³-hybridized carbons (Fsp3) is 0.286. The van der Waals surface area contributed by atoms with Crippen LogP contribution >= 0.6 is 0 Å². The normalized spacial score (nSPS) is 10.5. The summed E-state index contributed by atoms with van der Waals surface area (Å²) in [5, 5.41) is 3.35. The molecule has 0 saturated carbocycles. The summed E-state index contributed by atoms with van der Waals surface area (Å²) >= 11 is 0. The molecule has 0 amide bonds. The standard InChI is InChI=1S/C14H17N3/c1-11-5-6-13(17-8-11)9-15-10-14-12(2)4-3-7-16-14/h3-8,15H,9-10H2,1-2H3. The van der Waals surface area contributed by atoms with E-state index in [0.29, 0.717) is 0 Å². The molecule has 88 valence electrons. The first-order valence-electron chi connectivity index (χ1n) is 5.78. The lowest BCUT2D eigenvalue weighted by atomic mass is 10.2. The second-order valence-electron chi connectivity index (χ2n) is 4.20. The Balaban J connectivity index is 1.88.